The number of unbranched alkanes of at least 4 members (excludes halogenated alkanes) is 1. The van der Waals surface area contributed by atoms with E-state index in [1.165, 1.54) is 6.07 Å². The Hall–Kier alpha value is -1.62. The fourth-order valence-electron chi connectivity index (χ4n) is 2.52. The van der Waals surface area contributed by atoms with E-state index in [1.54, 1.807) is 6.07 Å². The Morgan fingerprint density at radius 2 is 1.95 bits per heavy atom. The topological polar surface area (TPSA) is 35.6 Å². The highest BCUT2D eigenvalue weighted by molar-refractivity contribution is 5.78. The summed E-state index contributed by atoms with van der Waals surface area (Å²) in [5.74, 6) is -0.0916. The third-order valence-corrected chi connectivity index (χ3v) is 3.79. The van der Waals surface area contributed by atoms with Crippen LogP contribution in [0.4, 0.5) is 10.1 Å². The summed E-state index contributed by atoms with van der Waals surface area (Å²) in [5, 5.41) is 2.93. The van der Waals surface area contributed by atoms with Crippen LogP contribution in [0.5, 0.6) is 0 Å². The van der Waals surface area contributed by atoms with E-state index in [9.17, 15) is 9.18 Å². The lowest BCUT2D eigenvalue weighted by molar-refractivity contribution is -0.122. The van der Waals surface area contributed by atoms with Gasteiger partial charge in [0.15, 0.2) is 0 Å². The molecule has 1 aromatic rings. The predicted molar refractivity (Wildman–Crippen MR) is 83.0 cm³/mol. The molecule has 1 saturated heterocycles. The normalized spacial score (nSPS) is 16.0. The number of anilines is 1. The number of carbonyl (C=O) groups is 1. The molecule has 0 unspecified atom stereocenters. The van der Waals surface area contributed by atoms with Gasteiger partial charge in [0.2, 0.25) is 5.91 Å². The van der Waals surface area contributed by atoms with Gasteiger partial charge in [0, 0.05) is 32.7 Å². The van der Waals surface area contributed by atoms with Gasteiger partial charge < -0.3 is 10.2 Å². The molecular weight excluding hydrogens is 269 g/mol. The average Bonchev–Trinajstić information content (AvgIpc) is 2.49. The van der Waals surface area contributed by atoms with E-state index in [4.69, 9.17) is 0 Å². The molecule has 1 aliphatic heterocycles. The Labute approximate surface area is 125 Å². The maximum absolute atomic E-state index is 13.7. The number of nitrogens with one attached hydrogen (secondary N) is 1. The highest BCUT2D eigenvalue weighted by Crippen LogP contribution is 2.19. The first-order valence-electron chi connectivity index (χ1n) is 7.69. The lowest BCUT2D eigenvalue weighted by atomic mass is 10.2. The maximum atomic E-state index is 13.7. The summed E-state index contributed by atoms with van der Waals surface area (Å²) in [6, 6.07) is 6.85. The molecule has 4 nitrogen and oxygen atoms in total. The van der Waals surface area contributed by atoms with Crippen LogP contribution in [0.2, 0.25) is 0 Å². The monoisotopic (exact) mass is 293 g/mol. The number of piperazine rings is 1. The van der Waals surface area contributed by atoms with Crippen LogP contribution in [0, 0.1) is 5.82 Å². The molecule has 0 bridgehead atoms. The Balaban J connectivity index is 1.76. The van der Waals surface area contributed by atoms with Crippen molar-refractivity contribution < 1.29 is 9.18 Å². The molecule has 5 heteroatoms. The molecule has 0 saturated carbocycles. The van der Waals surface area contributed by atoms with E-state index in [-0.39, 0.29) is 11.7 Å². The van der Waals surface area contributed by atoms with Gasteiger partial charge in [-0.1, -0.05) is 25.5 Å². The van der Waals surface area contributed by atoms with Crippen LogP contribution in [0.3, 0.4) is 0 Å². The molecule has 0 aliphatic carbocycles. The molecule has 0 radical (unpaired) electrons. The second-order valence-corrected chi connectivity index (χ2v) is 5.42. The largest absolute Gasteiger partial charge is 0.367 e. The van der Waals surface area contributed by atoms with E-state index in [0.29, 0.717) is 12.2 Å². The van der Waals surface area contributed by atoms with Crippen molar-refractivity contribution in [3.63, 3.8) is 0 Å². The van der Waals surface area contributed by atoms with Crippen LogP contribution in [0.15, 0.2) is 24.3 Å². The SMILES string of the molecule is CCCCNC(=O)CN1CCN(c2ccccc2F)CC1. The minimum Gasteiger partial charge on any atom is -0.367 e. The smallest absolute Gasteiger partial charge is 0.234 e. The number of amides is 1. The second kappa shape index (κ2) is 7.98. The number of nitrogens with zero attached hydrogens (tertiary/aromatic N) is 2. The highest BCUT2D eigenvalue weighted by Gasteiger charge is 2.20. The predicted octanol–water partition coefficient (Wildman–Crippen LogP) is 1.86. The molecular formula is C16H24FN3O. The van der Waals surface area contributed by atoms with Gasteiger partial charge in [-0.05, 0) is 18.6 Å². The molecule has 1 N–H and O–H groups in total. The van der Waals surface area contributed by atoms with Gasteiger partial charge in [-0.15, -0.1) is 0 Å². The number of hydrogen-bond donors (Lipinski definition) is 1. The van der Waals surface area contributed by atoms with E-state index in [2.05, 4.69) is 17.1 Å². The average molecular weight is 293 g/mol. The number of hydrogen-bond acceptors (Lipinski definition) is 3. The van der Waals surface area contributed by atoms with Crippen molar-refractivity contribution in [3.8, 4) is 0 Å². The van der Waals surface area contributed by atoms with Crippen LogP contribution in [0.1, 0.15) is 19.8 Å². The minimum absolute atomic E-state index is 0.0859. The van der Waals surface area contributed by atoms with Gasteiger partial charge in [0.25, 0.3) is 0 Å². The molecule has 1 fully saturated rings. The molecule has 21 heavy (non-hydrogen) atoms. The summed E-state index contributed by atoms with van der Waals surface area (Å²) < 4.78 is 13.7. The van der Waals surface area contributed by atoms with Crippen molar-refractivity contribution in [1.29, 1.82) is 0 Å². The molecule has 1 aliphatic rings. The molecule has 0 aromatic heterocycles. The van der Waals surface area contributed by atoms with Gasteiger partial charge in [0.05, 0.1) is 12.2 Å². The van der Waals surface area contributed by atoms with Crippen LogP contribution in [-0.4, -0.2) is 50.1 Å². The number of rotatable bonds is 6. The standard InChI is InChI=1S/C16H24FN3O/c1-2-3-8-18-16(21)13-19-9-11-20(12-10-19)15-7-5-4-6-14(15)17/h4-7H,2-3,8-13H2,1H3,(H,18,21). The van der Waals surface area contributed by atoms with Crippen LogP contribution in [0.25, 0.3) is 0 Å². The van der Waals surface area contributed by atoms with E-state index in [1.807, 2.05) is 17.0 Å². The minimum atomic E-state index is -0.178. The molecule has 1 aromatic carbocycles. The zero-order valence-corrected chi connectivity index (χ0v) is 12.6. The van der Waals surface area contributed by atoms with Gasteiger partial charge in [-0.25, -0.2) is 4.39 Å². The summed E-state index contributed by atoms with van der Waals surface area (Å²) in [7, 11) is 0. The first-order chi connectivity index (χ1) is 10.2. The summed E-state index contributed by atoms with van der Waals surface area (Å²) in [6.45, 7) is 6.38. The number of carbonyl (C=O) groups excluding carboxylic acids is 1. The summed E-state index contributed by atoms with van der Waals surface area (Å²) in [5.41, 5.74) is 0.657. The number of halogens is 1. The molecule has 0 spiro atoms. The van der Waals surface area contributed by atoms with Gasteiger partial charge in [0.1, 0.15) is 5.82 Å². The quantitative estimate of drug-likeness (QED) is 0.813. The molecule has 1 heterocycles. The highest BCUT2D eigenvalue weighted by atomic mass is 19.1. The van der Waals surface area contributed by atoms with E-state index in [0.717, 1.165) is 45.6 Å². The Bertz CT molecular complexity index is 459. The van der Waals surface area contributed by atoms with Crippen molar-refractivity contribution >= 4 is 11.6 Å². The van der Waals surface area contributed by atoms with Crippen molar-refractivity contribution in [2.24, 2.45) is 0 Å². The third-order valence-electron chi connectivity index (χ3n) is 3.79. The second-order valence-electron chi connectivity index (χ2n) is 5.42. The maximum Gasteiger partial charge on any atom is 0.234 e. The zero-order chi connectivity index (χ0) is 15.1. The third kappa shape index (κ3) is 4.70. The first kappa shape index (κ1) is 15.8. The fraction of sp³-hybridized carbons (Fsp3) is 0.562. The van der Waals surface area contributed by atoms with Crippen LogP contribution in [-0.2, 0) is 4.79 Å². The first-order valence-corrected chi connectivity index (χ1v) is 7.69. The summed E-state index contributed by atoms with van der Waals surface area (Å²) in [4.78, 5) is 15.9. The van der Waals surface area contributed by atoms with E-state index < -0.39 is 0 Å². The summed E-state index contributed by atoms with van der Waals surface area (Å²) >= 11 is 0. The zero-order valence-electron chi connectivity index (χ0n) is 12.6. The van der Waals surface area contributed by atoms with Crippen LogP contribution >= 0.6 is 0 Å². The molecule has 2 rings (SSSR count). The Morgan fingerprint density at radius 3 is 2.62 bits per heavy atom. The Kier molecular flexibility index (Phi) is 5.99. The fourth-order valence-corrected chi connectivity index (χ4v) is 2.52. The molecule has 0 atom stereocenters. The molecule has 1 amide bonds. The lowest BCUT2D eigenvalue weighted by Gasteiger charge is -2.35. The van der Waals surface area contributed by atoms with Gasteiger partial charge in [-0.3, -0.25) is 9.69 Å². The molecule has 116 valence electrons. The number of benzene rings is 1. The van der Waals surface area contributed by atoms with Crippen molar-refractivity contribution in [2.45, 2.75) is 19.8 Å². The van der Waals surface area contributed by atoms with Crippen molar-refractivity contribution in [2.75, 3.05) is 44.2 Å². The van der Waals surface area contributed by atoms with Crippen LogP contribution < -0.4 is 10.2 Å². The Morgan fingerprint density at radius 1 is 1.24 bits per heavy atom. The van der Waals surface area contributed by atoms with Gasteiger partial charge in [-0.2, -0.15) is 0 Å². The summed E-state index contributed by atoms with van der Waals surface area (Å²) in [6.07, 6.45) is 2.11. The van der Waals surface area contributed by atoms with E-state index >= 15 is 0 Å². The lowest BCUT2D eigenvalue weighted by Crippen LogP contribution is -2.49. The number of para-hydroxylation sites is 1. The van der Waals surface area contributed by atoms with Gasteiger partial charge >= 0.3 is 0 Å². The van der Waals surface area contributed by atoms with Crippen molar-refractivity contribution in [3.05, 3.63) is 30.1 Å². The van der Waals surface area contributed by atoms with Crippen molar-refractivity contribution in [1.82, 2.24) is 10.2 Å².